The van der Waals surface area contributed by atoms with Crippen LogP contribution in [-0.4, -0.2) is 40.7 Å². The zero-order valence-corrected chi connectivity index (χ0v) is 20.2. The second-order valence-electron chi connectivity index (χ2n) is 7.95. The summed E-state index contributed by atoms with van der Waals surface area (Å²) >= 11 is 1.51. The normalized spacial score (nSPS) is 10.8. The lowest BCUT2D eigenvalue weighted by Crippen LogP contribution is -2.35. The van der Waals surface area contributed by atoms with E-state index in [0.717, 1.165) is 4.88 Å². The van der Waals surface area contributed by atoms with Crippen molar-refractivity contribution in [3.63, 3.8) is 0 Å². The molecule has 0 aliphatic heterocycles. The smallest absolute Gasteiger partial charge is 0.254 e. The van der Waals surface area contributed by atoms with Crippen molar-refractivity contribution >= 4 is 28.9 Å². The van der Waals surface area contributed by atoms with Crippen LogP contribution in [0.5, 0.6) is 5.75 Å². The van der Waals surface area contributed by atoms with Gasteiger partial charge >= 0.3 is 0 Å². The Kier molecular flexibility index (Phi) is 7.17. The third-order valence-corrected chi connectivity index (χ3v) is 6.56. The van der Waals surface area contributed by atoms with Crippen molar-refractivity contribution in [2.45, 2.75) is 20.0 Å². The Morgan fingerprint density at radius 2 is 1.89 bits per heavy atom. The molecule has 0 radical (unpaired) electrons. The van der Waals surface area contributed by atoms with Crippen molar-refractivity contribution in [1.29, 1.82) is 0 Å². The van der Waals surface area contributed by atoms with Crippen LogP contribution in [0.1, 0.15) is 47.5 Å². The molecule has 2 N–H and O–H groups in total. The van der Waals surface area contributed by atoms with E-state index in [0.29, 0.717) is 22.8 Å². The van der Waals surface area contributed by atoms with Crippen LogP contribution in [0.15, 0.2) is 70.7 Å². The Bertz CT molecular complexity index is 1320. The molecule has 9 heteroatoms. The van der Waals surface area contributed by atoms with Crippen LogP contribution in [0, 0.1) is 6.92 Å². The minimum absolute atomic E-state index is 0.178. The van der Waals surface area contributed by atoms with Crippen LogP contribution in [0.3, 0.4) is 0 Å². The van der Waals surface area contributed by atoms with Crippen molar-refractivity contribution < 1.29 is 23.5 Å². The van der Waals surface area contributed by atoms with Gasteiger partial charge in [-0.3, -0.25) is 14.4 Å². The van der Waals surface area contributed by atoms with Gasteiger partial charge in [0.15, 0.2) is 5.78 Å². The number of furan rings is 1. The van der Waals surface area contributed by atoms with Crippen molar-refractivity contribution in [2.75, 3.05) is 13.7 Å². The van der Waals surface area contributed by atoms with Crippen LogP contribution in [0.2, 0.25) is 0 Å². The van der Waals surface area contributed by atoms with E-state index in [4.69, 9.17) is 14.9 Å². The number of amides is 2. The predicted molar refractivity (Wildman–Crippen MR) is 132 cm³/mol. The number of ketones is 1. The minimum atomic E-state index is -0.625. The van der Waals surface area contributed by atoms with Crippen LogP contribution >= 0.6 is 11.3 Å². The van der Waals surface area contributed by atoms with Gasteiger partial charge in [-0.2, -0.15) is 0 Å². The van der Waals surface area contributed by atoms with E-state index >= 15 is 0 Å². The molecule has 0 saturated carbocycles. The van der Waals surface area contributed by atoms with Crippen molar-refractivity contribution in [1.82, 2.24) is 9.47 Å². The average molecular weight is 492 g/mol. The molecule has 0 aliphatic rings. The van der Waals surface area contributed by atoms with E-state index in [1.807, 2.05) is 17.5 Å². The molecule has 1 aromatic carbocycles. The van der Waals surface area contributed by atoms with Crippen molar-refractivity contribution in [2.24, 2.45) is 5.73 Å². The Morgan fingerprint density at radius 3 is 2.49 bits per heavy atom. The van der Waals surface area contributed by atoms with Gasteiger partial charge < -0.3 is 24.4 Å². The van der Waals surface area contributed by atoms with Gasteiger partial charge in [0, 0.05) is 16.1 Å². The number of Topliss-reactive ketones (excluding diaryl/α,β-unsaturated/α-hetero) is 1. The summed E-state index contributed by atoms with van der Waals surface area (Å²) in [6.07, 6.45) is 1.54. The standard InChI is InChI=1S/C26H25N3O5S/c1-17-22(25(27)31)13-23(29(17)14-20-5-3-11-34-20)24(30)16-28(15-21-6-4-12-35-21)26(32)18-7-9-19(33-2)10-8-18/h3-13H,14-16H2,1-2H3,(H2,27,31). The van der Waals surface area contributed by atoms with Gasteiger partial charge in [0.2, 0.25) is 0 Å². The summed E-state index contributed by atoms with van der Waals surface area (Å²) in [7, 11) is 1.55. The topological polar surface area (TPSA) is 108 Å². The largest absolute Gasteiger partial charge is 0.497 e. The molecule has 3 heterocycles. The number of hydrogen-bond acceptors (Lipinski definition) is 6. The molecule has 8 nitrogen and oxygen atoms in total. The number of methoxy groups -OCH3 is 1. The van der Waals surface area contributed by atoms with E-state index in [9.17, 15) is 14.4 Å². The number of hydrogen-bond donors (Lipinski definition) is 1. The van der Waals surface area contributed by atoms with E-state index in [1.54, 1.807) is 61.3 Å². The van der Waals surface area contributed by atoms with Gasteiger partial charge in [-0.05, 0) is 60.8 Å². The van der Waals surface area contributed by atoms with Gasteiger partial charge in [-0.25, -0.2) is 0 Å². The molecule has 0 saturated heterocycles. The van der Waals surface area contributed by atoms with E-state index < -0.39 is 5.91 Å². The third-order valence-electron chi connectivity index (χ3n) is 5.70. The van der Waals surface area contributed by atoms with Gasteiger partial charge in [0.25, 0.3) is 11.8 Å². The maximum atomic E-state index is 13.5. The molecular formula is C26H25N3O5S. The van der Waals surface area contributed by atoms with Crippen molar-refractivity contribution in [3.8, 4) is 5.75 Å². The number of carbonyl (C=O) groups excluding carboxylic acids is 3. The molecule has 4 rings (SSSR count). The van der Waals surface area contributed by atoms with Gasteiger partial charge in [-0.1, -0.05) is 6.07 Å². The van der Waals surface area contributed by atoms with Crippen molar-refractivity contribution in [3.05, 3.63) is 99.4 Å². The average Bonchev–Trinajstić information content (AvgIpc) is 3.61. The zero-order chi connectivity index (χ0) is 24.9. The third kappa shape index (κ3) is 5.36. The van der Waals surface area contributed by atoms with Gasteiger partial charge in [-0.15, -0.1) is 11.3 Å². The molecule has 3 aromatic heterocycles. The first-order chi connectivity index (χ1) is 16.9. The second kappa shape index (κ2) is 10.4. The molecule has 0 atom stereocenters. The van der Waals surface area contributed by atoms with E-state index in [2.05, 4.69) is 0 Å². The quantitative estimate of drug-likeness (QED) is 0.336. The van der Waals surface area contributed by atoms with Crippen LogP contribution in [0.4, 0.5) is 0 Å². The predicted octanol–water partition coefficient (Wildman–Crippen LogP) is 4.13. The van der Waals surface area contributed by atoms with Gasteiger partial charge in [0.05, 0.1) is 44.3 Å². The fourth-order valence-corrected chi connectivity index (χ4v) is 4.57. The first-order valence-corrected chi connectivity index (χ1v) is 11.8. The Hall–Kier alpha value is -4.11. The first kappa shape index (κ1) is 24.0. The Balaban J connectivity index is 1.66. The van der Waals surface area contributed by atoms with Crippen LogP contribution in [0.25, 0.3) is 0 Å². The number of carbonyl (C=O) groups is 3. The molecule has 2 amide bonds. The molecule has 4 aromatic rings. The molecule has 0 fully saturated rings. The summed E-state index contributed by atoms with van der Waals surface area (Å²) in [5, 5.41) is 1.92. The maximum Gasteiger partial charge on any atom is 0.254 e. The molecule has 35 heavy (non-hydrogen) atoms. The summed E-state index contributed by atoms with van der Waals surface area (Å²) in [6.45, 7) is 2.08. The summed E-state index contributed by atoms with van der Waals surface area (Å²) in [6, 6.07) is 15.6. The van der Waals surface area contributed by atoms with Crippen LogP contribution in [-0.2, 0) is 13.1 Å². The fraction of sp³-hybridized carbons (Fsp3) is 0.192. The first-order valence-electron chi connectivity index (χ1n) is 10.9. The Labute approximate surface area is 206 Å². The second-order valence-corrected chi connectivity index (χ2v) is 8.98. The van der Waals surface area contributed by atoms with Crippen LogP contribution < -0.4 is 10.5 Å². The minimum Gasteiger partial charge on any atom is -0.497 e. The molecule has 0 spiro atoms. The van der Waals surface area contributed by atoms with E-state index in [-0.39, 0.29) is 42.6 Å². The molecular weight excluding hydrogens is 466 g/mol. The highest BCUT2D eigenvalue weighted by Crippen LogP contribution is 2.21. The fourth-order valence-electron chi connectivity index (χ4n) is 3.85. The maximum absolute atomic E-state index is 13.5. The lowest BCUT2D eigenvalue weighted by atomic mass is 10.1. The molecule has 0 unspecified atom stereocenters. The van der Waals surface area contributed by atoms with E-state index in [1.165, 1.54) is 22.3 Å². The highest BCUT2D eigenvalue weighted by atomic mass is 32.1. The summed E-state index contributed by atoms with van der Waals surface area (Å²) in [4.78, 5) is 41.4. The number of primary amides is 1. The molecule has 0 aliphatic carbocycles. The SMILES string of the molecule is COc1ccc(C(=O)N(CC(=O)c2cc(C(N)=O)c(C)n2Cc2ccco2)Cc2cccs2)cc1. The number of nitrogens with two attached hydrogens (primary N) is 1. The Morgan fingerprint density at radius 1 is 1.11 bits per heavy atom. The molecule has 180 valence electrons. The highest BCUT2D eigenvalue weighted by Gasteiger charge is 2.25. The number of benzene rings is 1. The number of rotatable bonds is 10. The molecule has 0 bridgehead atoms. The lowest BCUT2D eigenvalue weighted by molar-refractivity contribution is 0.0696. The number of nitrogens with zero attached hydrogens (tertiary/aromatic N) is 2. The highest BCUT2D eigenvalue weighted by molar-refractivity contribution is 7.09. The number of thiophene rings is 1. The number of ether oxygens (including phenoxy) is 1. The summed E-state index contributed by atoms with van der Waals surface area (Å²) in [5.74, 6) is 0.0293. The zero-order valence-electron chi connectivity index (χ0n) is 19.4. The number of aromatic nitrogens is 1. The summed E-state index contributed by atoms with van der Waals surface area (Å²) in [5.41, 5.74) is 7.09. The lowest BCUT2D eigenvalue weighted by Gasteiger charge is -2.22. The monoisotopic (exact) mass is 491 g/mol. The van der Waals surface area contributed by atoms with Gasteiger partial charge in [0.1, 0.15) is 11.5 Å². The summed E-state index contributed by atoms with van der Waals surface area (Å²) < 4.78 is 12.3.